The fraction of sp³-hybridized carbons (Fsp3) is 0.391. The quantitative estimate of drug-likeness (QED) is 0.434. The van der Waals surface area contributed by atoms with Crippen LogP contribution in [0, 0.1) is 11.3 Å². The van der Waals surface area contributed by atoms with Crippen LogP contribution in [0.25, 0.3) is 0 Å². The normalized spacial score (nSPS) is 12.6. The minimum Gasteiger partial charge on any atom is -0.497 e. The van der Waals surface area contributed by atoms with Crippen LogP contribution in [0.3, 0.4) is 0 Å². The van der Waals surface area contributed by atoms with Crippen molar-refractivity contribution in [3.8, 4) is 11.8 Å². The van der Waals surface area contributed by atoms with Gasteiger partial charge in [-0.3, -0.25) is 4.79 Å². The third-order valence-corrected chi connectivity index (χ3v) is 7.69. The molecule has 0 atom stereocenters. The third kappa shape index (κ3) is 5.31. The molecule has 0 fully saturated rings. The largest absolute Gasteiger partial charge is 0.497 e. The summed E-state index contributed by atoms with van der Waals surface area (Å²) in [5, 5.41) is 25.8. The maximum absolute atomic E-state index is 12.6. The average molecular weight is 483 g/mol. The van der Waals surface area contributed by atoms with Gasteiger partial charge in [0.05, 0.1) is 25.0 Å². The number of thiophene rings is 1. The van der Waals surface area contributed by atoms with Crippen LogP contribution in [-0.4, -0.2) is 33.5 Å². The predicted octanol–water partition coefficient (Wildman–Crippen LogP) is 4.46. The van der Waals surface area contributed by atoms with Gasteiger partial charge in [0.15, 0.2) is 11.0 Å². The molecule has 4 rings (SSSR count). The molecule has 0 saturated carbocycles. The van der Waals surface area contributed by atoms with Gasteiger partial charge in [-0.1, -0.05) is 11.8 Å². The smallest absolute Gasteiger partial charge is 0.235 e. The maximum Gasteiger partial charge on any atom is 0.235 e. The highest BCUT2D eigenvalue weighted by atomic mass is 32.2. The van der Waals surface area contributed by atoms with Crippen molar-refractivity contribution in [3.05, 3.63) is 46.1 Å². The fourth-order valence-electron chi connectivity index (χ4n) is 3.83. The molecule has 2 aromatic heterocycles. The predicted molar refractivity (Wildman–Crippen MR) is 131 cm³/mol. The van der Waals surface area contributed by atoms with E-state index in [0.29, 0.717) is 28.8 Å². The number of thioether (sulfide) groups is 1. The van der Waals surface area contributed by atoms with Gasteiger partial charge < -0.3 is 19.9 Å². The topological polar surface area (TPSA) is 105 Å². The number of carbonyl (C=O) groups excluding carboxylic acids is 1. The van der Waals surface area contributed by atoms with Crippen molar-refractivity contribution in [1.29, 1.82) is 5.26 Å². The number of fused-ring (bicyclic) bond motifs is 1. The minimum absolute atomic E-state index is 0.140. The number of aryl methyl sites for hydroxylation is 1. The summed E-state index contributed by atoms with van der Waals surface area (Å²) in [7, 11) is 1.64. The summed E-state index contributed by atoms with van der Waals surface area (Å²) in [6.45, 7) is 3.25. The lowest BCUT2D eigenvalue weighted by Gasteiger charge is -2.10. The van der Waals surface area contributed by atoms with Crippen molar-refractivity contribution in [3.63, 3.8) is 0 Å². The van der Waals surface area contributed by atoms with Crippen LogP contribution < -0.4 is 15.4 Å². The summed E-state index contributed by atoms with van der Waals surface area (Å²) in [6.07, 6.45) is 4.16. The molecule has 1 aliphatic carbocycles. The Kier molecular flexibility index (Phi) is 7.52. The number of hydrogen-bond donors (Lipinski definition) is 2. The minimum atomic E-state index is -0.140. The molecule has 1 aromatic carbocycles. The maximum atomic E-state index is 12.6. The Morgan fingerprint density at radius 3 is 2.79 bits per heavy atom. The monoisotopic (exact) mass is 482 g/mol. The zero-order valence-corrected chi connectivity index (χ0v) is 20.3. The number of carbonyl (C=O) groups is 1. The molecule has 0 saturated heterocycles. The Bertz CT molecular complexity index is 1160. The number of hydrogen-bond acceptors (Lipinski definition) is 8. The number of anilines is 2. The first kappa shape index (κ1) is 23.1. The van der Waals surface area contributed by atoms with E-state index in [4.69, 9.17) is 4.74 Å². The number of benzene rings is 1. The van der Waals surface area contributed by atoms with Gasteiger partial charge in [-0.15, -0.1) is 21.5 Å². The SMILES string of the molecule is CCn1c(CNc2ccc(OC)cc2)nnc1SCC(=O)Nc1sc2c(c1C#N)CCCC2. The van der Waals surface area contributed by atoms with Crippen molar-refractivity contribution in [2.24, 2.45) is 0 Å². The van der Waals surface area contributed by atoms with Gasteiger partial charge in [0.2, 0.25) is 5.91 Å². The molecule has 8 nitrogen and oxygen atoms in total. The van der Waals surface area contributed by atoms with Crippen LogP contribution in [0.4, 0.5) is 10.7 Å². The fourth-order valence-corrected chi connectivity index (χ4v) is 5.91. The molecular formula is C23H26N6O2S2. The molecule has 0 radical (unpaired) electrons. The van der Waals surface area contributed by atoms with Crippen molar-refractivity contribution < 1.29 is 9.53 Å². The summed E-state index contributed by atoms with van der Waals surface area (Å²) >= 11 is 2.89. The summed E-state index contributed by atoms with van der Waals surface area (Å²) in [5.41, 5.74) is 2.72. The third-order valence-electron chi connectivity index (χ3n) is 5.52. The number of nitrogens with one attached hydrogen (secondary N) is 2. The highest BCUT2D eigenvalue weighted by Crippen LogP contribution is 2.37. The standard InChI is InChI=1S/C23H26N6O2S2/c1-3-29-20(13-25-15-8-10-16(31-2)11-9-15)27-28-23(29)32-14-21(30)26-22-18(12-24)17-6-4-5-7-19(17)33-22/h8-11,25H,3-7,13-14H2,1-2H3,(H,26,30). The second kappa shape index (κ2) is 10.7. The molecule has 0 aliphatic heterocycles. The summed E-state index contributed by atoms with van der Waals surface area (Å²) in [4.78, 5) is 13.9. The number of methoxy groups -OCH3 is 1. The number of nitriles is 1. The van der Waals surface area contributed by atoms with E-state index in [9.17, 15) is 10.1 Å². The number of rotatable bonds is 9. The highest BCUT2D eigenvalue weighted by molar-refractivity contribution is 7.99. The van der Waals surface area contributed by atoms with Crippen LogP contribution in [0.1, 0.15) is 41.6 Å². The Labute approximate surface area is 201 Å². The van der Waals surface area contributed by atoms with Crippen molar-refractivity contribution in [2.45, 2.75) is 50.9 Å². The van der Waals surface area contributed by atoms with Gasteiger partial charge in [-0.05, 0) is 62.4 Å². The Hall–Kier alpha value is -3.03. The lowest BCUT2D eigenvalue weighted by atomic mass is 9.96. The second-order valence-corrected chi connectivity index (χ2v) is 9.64. The zero-order valence-electron chi connectivity index (χ0n) is 18.7. The summed E-state index contributed by atoms with van der Waals surface area (Å²) in [5.74, 6) is 1.67. The van der Waals surface area contributed by atoms with E-state index < -0.39 is 0 Å². The van der Waals surface area contributed by atoms with E-state index in [1.807, 2.05) is 35.8 Å². The van der Waals surface area contributed by atoms with Gasteiger partial charge in [0, 0.05) is 17.1 Å². The number of ether oxygens (including phenoxy) is 1. The zero-order chi connectivity index (χ0) is 23.2. The van der Waals surface area contributed by atoms with Crippen LogP contribution in [0.2, 0.25) is 0 Å². The van der Waals surface area contributed by atoms with E-state index in [1.54, 1.807) is 18.4 Å². The van der Waals surface area contributed by atoms with Crippen molar-refractivity contribution in [1.82, 2.24) is 14.8 Å². The molecule has 0 bridgehead atoms. The van der Waals surface area contributed by atoms with Crippen LogP contribution in [-0.2, 0) is 30.7 Å². The molecule has 2 N–H and O–H groups in total. The van der Waals surface area contributed by atoms with E-state index in [-0.39, 0.29) is 11.7 Å². The molecule has 172 valence electrons. The van der Waals surface area contributed by atoms with Crippen LogP contribution in [0.15, 0.2) is 29.4 Å². The summed E-state index contributed by atoms with van der Waals surface area (Å²) < 4.78 is 7.18. The second-order valence-electron chi connectivity index (χ2n) is 7.59. The highest BCUT2D eigenvalue weighted by Gasteiger charge is 2.22. The molecule has 33 heavy (non-hydrogen) atoms. The summed E-state index contributed by atoms with van der Waals surface area (Å²) in [6, 6.07) is 9.98. The van der Waals surface area contributed by atoms with E-state index in [2.05, 4.69) is 26.9 Å². The molecule has 10 heteroatoms. The van der Waals surface area contributed by atoms with Gasteiger partial charge in [0.1, 0.15) is 16.8 Å². The number of aromatic nitrogens is 3. The first-order valence-corrected chi connectivity index (χ1v) is 12.7. The lowest BCUT2D eigenvalue weighted by Crippen LogP contribution is -2.15. The van der Waals surface area contributed by atoms with E-state index in [0.717, 1.165) is 48.5 Å². The lowest BCUT2D eigenvalue weighted by molar-refractivity contribution is -0.113. The number of amides is 1. The Morgan fingerprint density at radius 2 is 2.06 bits per heavy atom. The first-order chi connectivity index (χ1) is 16.1. The molecule has 1 amide bonds. The number of nitrogens with zero attached hydrogens (tertiary/aromatic N) is 4. The van der Waals surface area contributed by atoms with Gasteiger partial charge in [-0.2, -0.15) is 5.26 Å². The Balaban J connectivity index is 1.35. The molecule has 0 unspecified atom stereocenters. The molecule has 1 aliphatic rings. The molecule has 2 heterocycles. The molecular weight excluding hydrogens is 456 g/mol. The Morgan fingerprint density at radius 1 is 1.27 bits per heavy atom. The van der Waals surface area contributed by atoms with Crippen molar-refractivity contribution >= 4 is 39.7 Å². The van der Waals surface area contributed by atoms with E-state index in [1.165, 1.54) is 16.6 Å². The van der Waals surface area contributed by atoms with Crippen molar-refractivity contribution in [2.75, 3.05) is 23.5 Å². The molecule has 0 spiro atoms. The first-order valence-electron chi connectivity index (χ1n) is 10.9. The molecule has 3 aromatic rings. The van der Waals surface area contributed by atoms with Gasteiger partial charge >= 0.3 is 0 Å². The average Bonchev–Trinajstić information content (AvgIpc) is 3.41. The van der Waals surface area contributed by atoms with Crippen LogP contribution in [0.5, 0.6) is 5.75 Å². The van der Waals surface area contributed by atoms with Gasteiger partial charge in [-0.25, -0.2) is 0 Å². The van der Waals surface area contributed by atoms with Crippen LogP contribution >= 0.6 is 23.1 Å². The van der Waals surface area contributed by atoms with Gasteiger partial charge in [0.25, 0.3) is 0 Å². The van der Waals surface area contributed by atoms with E-state index >= 15 is 0 Å².